The average molecular weight is 407 g/mol. The number of halogens is 1. The second-order valence-electron chi connectivity index (χ2n) is 8.69. The first-order valence-corrected chi connectivity index (χ1v) is 10.7. The van der Waals surface area contributed by atoms with Crippen LogP contribution in [-0.4, -0.2) is 84.3 Å². The third kappa shape index (κ3) is 3.69. The third-order valence-electron chi connectivity index (χ3n) is 6.75. The quantitative estimate of drug-likeness (QED) is 0.547. The molecule has 9 nitrogen and oxygen atoms in total. The van der Waals surface area contributed by atoms with Crippen LogP contribution >= 0.6 is 0 Å². The Morgan fingerprint density at radius 1 is 1.21 bits per heavy atom. The lowest BCUT2D eigenvalue weighted by molar-refractivity contribution is -0.116. The molecule has 0 aromatic carbocycles. The van der Waals surface area contributed by atoms with Crippen molar-refractivity contribution < 1.29 is 13.9 Å². The number of anilines is 2. The largest absolute Gasteiger partial charge is 0.381 e. The van der Waals surface area contributed by atoms with Crippen molar-refractivity contribution >= 4 is 17.5 Å². The molecule has 3 unspecified atom stereocenters. The Morgan fingerprint density at radius 2 is 2.03 bits per heavy atom. The van der Waals surface area contributed by atoms with E-state index in [9.17, 15) is 9.18 Å². The van der Waals surface area contributed by atoms with Crippen LogP contribution in [0.3, 0.4) is 0 Å². The van der Waals surface area contributed by atoms with Crippen molar-refractivity contribution in [3.8, 4) is 0 Å². The number of alkyl halides is 1. The van der Waals surface area contributed by atoms with Gasteiger partial charge in [0.2, 0.25) is 0 Å². The molecule has 1 aromatic heterocycles. The first-order chi connectivity index (χ1) is 14.1. The molecule has 4 fully saturated rings. The Morgan fingerprint density at radius 3 is 2.79 bits per heavy atom. The standard InChI is InChI=1S/C19H30FN7O2/c20-12-7-23-18-16(17(21)25-27(18)9-12)19(28)24-13-8-22-4-1-14(13)29-15-10-26-5-2-11(15)3-6-26/h11-15,22-23H,1-10H2,(H2,21,25)(H,24,28)/t12?,13?,14?,15-/m0/s1. The molecule has 1 amide bonds. The zero-order valence-electron chi connectivity index (χ0n) is 16.6. The number of carbonyl (C=O) groups is 1. The predicted molar refractivity (Wildman–Crippen MR) is 107 cm³/mol. The summed E-state index contributed by atoms with van der Waals surface area (Å²) in [7, 11) is 0. The van der Waals surface area contributed by atoms with E-state index >= 15 is 0 Å². The topological polar surface area (TPSA) is 109 Å². The van der Waals surface area contributed by atoms with Gasteiger partial charge in [0.05, 0.1) is 24.8 Å². The molecule has 29 heavy (non-hydrogen) atoms. The van der Waals surface area contributed by atoms with Gasteiger partial charge in [-0.2, -0.15) is 5.10 Å². The Labute approximate surface area is 169 Å². The Balaban J connectivity index is 1.28. The minimum Gasteiger partial charge on any atom is -0.381 e. The van der Waals surface area contributed by atoms with Crippen molar-refractivity contribution in [3.63, 3.8) is 0 Å². The number of ether oxygens (including phenoxy) is 1. The molecule has 5 aliphatic rings. The fourth-order valence-electron chi connectivity index (χ4n) is 5.15. The lowest BCUT2D eigenvalue weighted by Gasteiger charge is -2.46. The van der Waals surface area contributed by atoms with Crippen molar-refractivity contribution in [3.05, 3.63) is 5.56 Å². The maximum Gasteiger partial charge on any atom is 0.259 e. The van der Waals surface area contributed by atoms with Crippen LogP contribution < -0.4 is 21.7 Å². The maximum atomic E-state index is 13.6. The summed E-state index contributed by atoms with van der Waals surface area (Å²) in [6.45, 7) is 5.14. The van der Waals surface area contributed by atoms with Gasteiger partial charge in [0, 0.05) is 19.6 Å². The van der Waals surface area contributed by atoms with Crippen LogP contribution in [0, 0.1) is 5.92 Å². The zero-order chi connectivity index (χ0) is 20.0. The number of fused-ring (bicyclic) bond motifs is 4. The number of nitrogens with one attached hydrogen (secondary N) is 3. The summed E-state index contributed by atoms with van der Waals surface area (Å²) in [6, 6.07) is -0.140. The number of piperidine rings is 4. The van der Waals surface area contributed by atoms with Crippen molar-refractivity contribution in [2.75, 3.05) is 50.3 Å². The van der Waals surface area contributed by atoms with Gasteiger partial charge in [0.25, 0.3) is 5.91 Å². The summed E-state index contributed by atoms with van der Waals surface area (Å²) >= 11 is 0. The van der Waals surface area contributed by atoms with Gasteiger partial charge >= 0.3 is 0 Å². The van der Waals surface area contributed by atoms with Crippen molar-refractivity contribution in [1.29, 1.82) is 0 Å². The Bertz CT molecular complexity index is 764. The number of carbonyl (C=O) groups excluding carboxylic acids is 1. The molecule has 6 rings (SSSR count). The summed E-state index contributed by atoms with van der Waals surface area (Å²) in [4.78, 5) is 15.5. The molecular weight excluding hydrogens is 377 g/mol. The predicted octanol–water partition coefficient (Wildman–Crippen LogP) is -0.200. The molecule has 0 spiro atoms. The minimum atomic E-state index is -1.04. The van der Waals surface area contributed by atoms with Crippen LogP contribution in [0.5, 0.6) is 0 Å². The average Bonchev–Trinajstić information content (AvgIpc) is 3.05. The van der Waals surface area contributed by atoms with E-state index in [4.69, 9.17) is 10.5 Å². The maximum absolute atomic E-state index is 13.6. The van der Waals surface area contributed by atoms with Crippen LogP contribution in [0.1, 0.15) is 29.6 Å². The number of hydrogen-bond acceptors (Lipinski definition) is 7. The van der Waals surface area contributed by atoms with E-state index in [2.05, 4.69) is 25.9 Å². The van der Waals surface area contributed by atoms with Crippen molar-refractivity contribution in [1.82, 2.24) is 25.3 Å². The van der Waals surface area contributed by atoms with Gasteiger partial charge < -0.3 is 31.3 Å². The fraction of sp³-hybridized carbons (Fsp3) is 0.789. The smallest absolute Gasteiger partial charge is 0.259 e. The zero-order valence-corrected chi connectivity index (χ0v) is 16.6. The van der Waals surface area contributed by atoms with E-state index in [1.54, 1.807) is 0 Å². The number of nitrogens with two attached hydrogens (primary N) is 1. The molecule has 4 saturated heterocycles. The summed E-state index contributed by atoms with van der Waals surface area (Å²) in [6.07, 6.45) is 2.44. The number of rotatable bonds is 4. The van der Waals surface area contributed by atoms with Gasteiger partial charge in [0.1, 0.15) is 17.6 Å². The van der Waals surface area contributed by atoms with E-state index in [-0.39, 0.29) is 43.1 Å². The number of nitrogens with zero attached hydrogens (tertiary/aromatic N) is 3. The van der Waals surface area contributed by atoms with E-state index in [1.807, 2.05) is 0 Å². The van der Waals surface area contributed by atoms with Crippen LogP contribution in [0.4, 0.5) is 16.0 Å². The first-order valence-electron chi connectivity index (χ1n) is 10.7. The molecule has 0 aliphatic carbocycles. The van der Waals surface area contributed by atoms with E-state index < -0.39 is 6.17 Å². The summed E-state index contributed by atoms with van der Waals surface area (Å²) < 4.78 is 21.6. The van der Waals surface area contributed by atoms with Crippen LogP contribution in [0.2, 0.25) is 0 Å². The number of amides is 1. The Hall–Kier alpha value is -1.91. The van der Waals surface area contributed by atoms with Gasteiger partial charge in [-0.05, 0) is 44.8 Å². The van der Waals surface area contributed by atoms with Crippen LogP contribution in [0.15, 0.2) is 0 Å². The van der Waals surface area contributed by atoms with Gasteiger partial charge in [-0.1, -0.05) is 0 Å². The van der Waals surface area contributed by atoms with Gasteiger partial charge in [-0.25, -0.2) is 9.07 Å². The Kier molecular flexibility index (Phi) is 5.09. The van der Waals surface area contributed by atoms with Gasteiger partial charge in [-0.15, -0.1) is 0 Å². The lowest BCUT2D eigenvalue weighted by Crippen LogP contribution is -2.58. The highest BCUT2D eigenvalue weighted by Gasteiger charge is 2.39. The highest BCUT2D eigenvalue weighted by molar-refractivity contribution is 6.03. The molecule has 0 saturated carbocycles. The lowest BCUT2D eigenvalue weighted by atomic mass is 9.85. The molecule has 2 bridgehead atoms. The normalized spacial score (nSPS) is 36.3. The van der Waals surface area contributed by atoms with E-state index in [0.29, 0.717) is 23.8 Å². The van der Waals surface area contributed by atoms with Gasteiger partial charge in [0.15, 0.2) is 5.82 Å². The summed E-state index contributed by atoms with van der Waals surface area (Å²) in [5.74, 6) is 0.956. The molecule has 160 valence electrons. The molecule has 5 N–H and O–H groups in total. The highest BCUT2D eigenvalue weighted by atomic mass is 19.1. The molecular formula is C19H30FN7O2. The number of aromatic nitrogens is 2. The van der Waals surface area contributed by atoms with Gasteiger partial charge in [-0.3, -0.25) is 4.79 Å². The number of nitrogen functional groups attached to an aromatic ring is 1. The first kappa shape index (κ1) is 19.1. The monoisotopic (exact) mass is 407 g/mol. The van der Waals surface area contributed by atoms with E-state index in [0.717, 1.165) is 19.5 Å². The molecule has 1 aromatic rings. The second-order valence-corrected chi connectivity index (χ2v) is 8.69. The highest BCUT2D eigenvalue weighted by Crippen LogP contribution is 2.31. The summed E-state index contributed by atoms with van der Waals surface area (Å²) in [5.41, 5.74) is 6.29. The van der Waals surface area contributed by atoms with Crippen molar-refractivity contribution in [2.24, 2.45) is 5.92 Å². The summed E-state index contributed by atoms with van der Waals surface area (Å²) in [5, 5.41) is 13.5. The molecule has 6 heterocycles. The van der Waals surface area contributed by atoms with Crippen LogP contribution in [-0.2, 0) is 11.3 Å². The second kappa shape index (κ2) is 7.73. The number of hydrogen-bond donors (Lipinski definition) is 4. The van der Waals surface area contributed by atoms with Crippen molar-refractivity contribution in [2.45, 2.75) is 50.2 Å². The third-order valence-corrected chi connectivity index (χ3v) is 6.75. The molecule has 5 aliphatic heterocycles. The molecule has 10 heteroatoms. The molecule has 4 atom stereocenters. The van der Waals surface area contributed by atoms with Crippen LogP contribution in [0.25, 0.3) is 0 Å². The SMILES string of the molecule is Nc1nn2c(c1C(=O)NC1CNCCC1O[C@H]1CN3CCC1CC3)NCC(F)C2. The minimum absolute atomic E-state index is 0.0263. The van der Waals surface area contributed by atoms with E-state index in [1.165, 1.54) is 30.6 Å². The molecule has 0 radical (unpaired) electrons. The fourth-order valence-corrected chi connectivity index (χ4v) is 5.15.